The van der Waals surface area contributed by atoms with Crippen LogP contribution in [0.4, 0.5) is 0 Å². The van der Waals surface area contributed by atoms with Gasteiger partial charge < -0.3 is 24.4 Å². The van der Waals surface area contributed by atoms with Crippen LogP contribution in [-0.4, -0.2) is 34.4 Å². The third-order valence-electron chi connectivity index (χ3n) is 7.74. The van der Waals surface area contributed by atoms with Gasteiger partial charge in [0.05, 0.1) is 19.2 Å². The van der Waals surface area contributed by atoms with Crippen LogP contribution in [0.25, 0.3) is 0 Å². The van der Waals surface area contributed by atoms with E-state index in [9.17, 15) is 15.0 Å². The van der Waals surface area contributed by atoms with E-state index in [0.717, 1.165) is 10.0 Å². The Morgan fingerprint density at radius 1 is 1.03 bits per heavy atom. The number of hydrogen-bond acceptors (Lipinski definition) is 7. The molecular weight excluding hydrogens is 562 g/mol. The number of aliphatic hydroxyl groups excluding tert-OH is 1. The molecule has 1 aliphatic heterocycles. The van der Waals surface area contributed by atoms with Gasteiger partial charge in [-0.1, -0.05) is 88.7 Å². The molecule has 4 aromatic rings. The number of halogens is 1. The molecule has 6 rings (SSSR count). The highest BCUT2D eigenvalue weighted by atomic mass is 79.9. The summed E-state index contributed by atoms with van der Waals surface area (Å²) >= 11 is 3.47. The molecule has 1 aliphatic carbocycles. The van der Waals surface area contributed by atoms with Gasteiger partial charge in [0.25, 0.3) is 0 Å². The lowest BCUT2D eigenvalue weighted by Gasteiger charge is -2.40. The van der Waals surface area contributed by atoms with Crippen molar-refractivity contribution in [3.63, 3.8) is 0 Å². The van der Waals surface area contributed by atoms with Crippen molar-refractivity contribution in [2.24, 2.45) is 5.92 Å². The molecule has 0 radical (unpaired) electrons. The van der Waals surface area contributed by atoms with Gasteiger partial charge in [-0.15, -0.1) is 0 Å². The van der Waals surface area contributed by atoms with Gasteiger partial charge in [0.15, 0.2) is 11.2 Å². The van der Waals surface area contributed by atoms with E-state index in [1.165, 1.54) is 13.3 Å². The maximum atomic E-state index is 13.2. The SMILES string of the molecule is COC(=O)[C@H]1[C@@H](O)[C@@]2(O)c3ncc(OCc4ccccc4)cc3O[C@@]2(c2ccc(Br)cc2)[C@@H]1c1ccccc1. The Hall–Kier alpha value is -3.72. The Balaban J connectivity index is 1.52. The fourth-order valence-corrected chi connectivity index (χ4v) is 6.32. The monoisotopic (exact) mass is 587 g/mol. The predicted octanol–water partition coefficient (Wildman–Crippen LogP) is 4.85. The highest BCUT2D eigenvalue weighted by molar-refractivity contribution is 9.10. The summed E-state index contributed by atoms with van der Waals surface area (Å²) in [5.41, 5.74) is -1.26. The zero-order chi connectivity index (χ0) is 27.2. The molecule has 39 heavy (non-hydrogen) atoms. The minimum absolute atomic E-state index is 0.136. The number of pyridine rings is 1. The van der Waals surface area contributed by atoms with E-state index in [2.05, 4.69) is 20.9 Å². The number of methoxy groups -OCH3 is 1. The van der Waals surface area contributed by atoms with Gasteiger partial charge in [-0.3, -0.25) is 9.78 Å². The Kier molecular flexibility index (Phi) is 6.41. The average molecular weight is 588 g/mol. The summed E-state index contributed by atoms with van der Waals surface area (Å²) in [4.78, 5) is 17.7. The third kappa shape index (κ3) is 3.85. The van der Waals surface area contributed by atoms with Gasteiger partial charge in [-0.25, -0.2) is 0 Å². The number of carbonyl (C=O) groups excluding carboxylic acids is 1. The first-order chi connectivity index (χ1) is 18.9. The van der Waals surface area contributed by atoms with E-state index in [0.29, 0.717) is 23.5 Å². The Bertz CT molecular complexity index is 1500. The van der Waals surface area contributed by atoms with E-state index < -0.39 is 35.1 Å². The maximum Gasteiger partial charge on any atom is 0.312 e. The summed E-state index contributed by atoms with van der Waals surface area (Å²) in [6.45, 7) is 0.323. The largest absolute Gasteiger partial charge is 0.487 e. The van der Waals surface area contributed by atoms with Gasteiger partial charge in [0, 0.05) is 16.5 Å². The first kappa shape index (κ1) is 25.6. The topological polar surface area (TPSA) is 98.1 Å². The molecule has 1 saturated carbocycles. The normalized spacial score (nSPS) is 26.8. The van der Waals surface area contributed by atoms with Crippen molar-refractivity contribution >= 4 is 21.9 Å². The smallest absolute Gasteiger partial charge is 0.312 e. The van der Waals surface area contributed by atoms with E-state index in [1.54, 1.807) is 6.07 Å². The van der Waals surface area contributed by atoms with Crippen molar-refractivity contribution in [3.05, 3.63) is 124 Å². The minimum atomic E-state index is -2.08. The van der Waals surface area contributed by atoms with E-state index in [1.807, 2.05) is 84.9 Å². The van der Waals surface area contributed by atoms with Crippen molar-refractivity contribution in [2.45, 2.75) is 29.8 Å². The molecule has 5 atom stereocenters. The number of ether oxygens (including phenoxy) is 3. The van der Waals surface area contributed by atoms with Crippen LogP contribution in [0.3, 0.4) is 0 Å². The molecule has 8 heteroatoms. The summed E-state index contributed by atoms with van der Waals surface area (Å²) < 4.78 is 18.7. The number of rotatable bonds is 6. The second-order valence-electron chi connectivity index (χ2n) is 9.79. The van der Waals surface area contributed by atoms with E-state index in [4.69, 9.17) is 14.2 Å². The van der Waals surface area contributed by atoms with Crippen LogP contribution in [0.15, 0.2) is 102 Å². The molecule has 3 aromatic carbocycles. The molecule has 1 fully saturated rings. The number of aromatic nitrogens is 1. The second-order valence-corrected chi connectivity index (χ2v) is 10.7. The maximum absolute atomic E-state index is 13.2. The molecule has 0 unspecified atom stereocenters. The third-order valence-corrected chi connectivity index (χ3v) is 8.27. The van der Waals surface area contributed by atoms with Crippen LogP contribution >= 0.6 is 15.9 Å². The summed E-state index contributed by atoms with van der Waals surface area (Å²) in [5.74, 6) is -1.87. The molecule has 2 N–H and O–H groups in total. The number of benzene rings is 3. The fourth-order valence-electron chi connectivity index (χ4n) is 6.05. The van der Waals surface area contributed by atoms with Gasteiger partial charge in [-0.2, -0.15) is 0 Å². The van der Waals surface area contributed by atoms with Crippen LogP contribution in [0, 0.1) is 5.92 Å². The molecule has 198 valence electrons. The van der Waals surface area contributed by atoms with Crippen LogP contribution < -0.4 is 9.47 Å². The molecular formula is C31H26BrNO6. The van der Waals surface area contributed by atoms with Crippen molar-refractivity contribution in [1.82, 2.24) is 4.98 Å². The molecule has 1 aromatic heterocycles. The van der Waals surface area contributed by atoms with Crippen LogP contribution in [0.2, 0.25) is 0 Å². The summed E-state index contributed by atoms with van der Waals surface area (Å²) in [6, 6.07) is 28.0. The minimum Gasteiger partial charge on any atom is -0.487 e. The van der Waals surface area contributed by atoms with Crippen molar-refractivity contribution in [1.29, 1.82) is 0 Å². The molecule has 7 nitrogen and oxygen atoms in total. The molecule has 0 bridgehead atoms. The number of fused-ring (bicyclic) bond motifs is 3. The van der Waals surface area contributed by atoms with Gasteiger partial charge in [0.1, 0.15) is 29.9 Å². The molecule has 0 saturated heterocycles. The summed E-state index contributed by atoms with van der Waals surface area (Å²) in [6.07, 6.45) is -0.0835. The number of hydrogen-bond donors (Lipinski definition) is 2. The van der Waals surface area contributed by atoms with Crippen molar-refractivity contribution in [3.8, 4) is 11.5 Å². The number of esters is 1. The van der Waals surface area contributed by atoms with Gasteiger partial charge >= 0.3 is 5.97 Å². The summed E-state index contributed by atoms with van der Waals surface area (Å²) in [5, 5.41) is 24.4. The predicted molar refractivity (Wildman–Crippen MR) is 146 cm³/mol. The lowest BCUT2D eigenvalue weighted by atomic mass is 9.71. The lowest BCUT2D eigenvalue weighted by Crippen LogP contribution is -2.52. The van der Waals surface area contributed by atoms with E-state index in [-0.39, 0.29) is 11.4 Å². The number of nitrogens with zero attached hydrogens (tertiary/aromatic N) is 1. The highest BCUT2D eigenvalue weighted by Gasteiger charge is 2.78. The molecule has 2 heterocycles. The molecule has 0 spiro atoms. The van der Waals surface area contributed by atoms with Crippen LogP contribution in [0.5, 0.6) is 11.5 Å². The highest BCUT2D eigenvalue weighted by Crippen LogP contribution is 2.68. The molecule has 2 aliphatic rings. The van der Waals surface area contributed by atoms with Crippen LogP contribution in [0.1, 0.15) is 28.3 Å². The Morgan fingerprint density at radius 2 is 1.69 bits per heavy atom. The Labute approximate surface area is 234 Å². The average Bonchev–Trinajstić information content (AvgIpc) is 3.35. The van der Waals surface area contributed by atoms with E-state index >= 15 is 0 Å². The first-order valence-electron chi connectivity index (χ1n) is 12.6. The van der Waals surface area contributed by atoms with Gasteiger partial charge in [-0.05, 0) is 28.8 Å². The van der Waals surface area contributed by atoms with Crippen molar-refractivity contribution in [2.75, 3.05) is 7.11 Å². The van der Waals surface area contributed by atoms with Gasteiger partial charge in [0.2, 0.25) is 0 Å². The second kappa shape index (κ2) is 9.79. The standard InChI is InChI=1S/C31H26BrNO6/c1-37-29(35)25-26(20-10-6-3-7-11-20)31(21-12-14-22(32)15-13-21)30(36,28(25)34)27-24(39-31)16-23(17-33-27)38-18-19-8-4-2-5-9-19/h2-17,25-26,28,34,36H,18H2,1H3/t25-,26-,28-,30+,31+/m1/s1. The lowest BCUT2D eigenvalue weighted by molar-refractivity contribution is -0.162. The number of aliphatic hydroxyl groups is 2. The summed E-state index contributed by atoms with van der Waals surface area (Å²) in [7, 11) is 1.27. The number of carbonyl (C=O) groups is 1. The zero-order valence-electron chi connectivity index (χ0n) is 21.0. The fraction of sp³-hybridized carbons (Fsp3) is 0.226. The zero-order valence-corrected chi connectivity index (χ0v) is 22.6. The molecule has 0 amide bonds. The quantitative estimate of drug-likeness (QED) is 0.311. The van der Waals surface area contributed by atoms with Crippen LogP contribution in [-0.2, 0) is 27.3 Å². The first-order valence-corrected chi connectivity index (χ1v) is 13.3. The van der Waals surface area contributed by atoms with Crippen molar-refractivity contribution < 1.29 is 29.2 Å². The Morgan fingerprint density at radius 3 is 2.36 bits per heavy atom.